The Morgan fingerprint density at radius 1 is 1.19 bits per heavy atom. The Bertz CT molecular complexity index is 691. The van der Waals surface area contributed by atoms with Crippen molar-refractivity contribution in [3.63, 3.8) is 0 Å². The quantitative estimate of drug-likeness (QED) is 0.713. The van der Waals surface area contributed by atoms with Crippen molar-refractivity contribution in [3.05, 3.63) is 23.8 Å². The van der Waals surface area contributed by atoms with Crippen LogP contribution in [0, 0.1) is 0 Å². The van der Waals surface area contributed by atoms with E-state index in [1.807, 2.05) is 0 Å². The second kappa shape index (κ2) is 9.80. The molecule has 1 aliphatic rings. The van der Waals surface area contributed by atoms with Crippen molar-refractivity contribution in [3.8, 4) is 11.5 Å². The van der Waals surface area contributed by atoms with Crippen LogP contribution in [0.15, 0.2) is 18.2 Å². The number of nitrogens with one attached hydrogen (secondary N) is 1. The predicted molar refractivity (Wildman–Crippen MR) is 98.1 cm³/mol. The average Bonchev–Trinajstić information content (AvgIpc) is 2.69. The summed E-state index contributed by atoms with van der Waals surface area (Å²) in [5.41, 5.74) is 0.363. The van der Waals surface area contributed by atoms with Gasteiger partial charge in [-0.3, -0.25) is 14.4 Å². The number of piperidine rings is 1. The van der Waals surface area contributed by atoms with Gasteiger partial charge in [-0.05, 0) is 43.9 Å². The summed E-state index contributed by atoms with van der Waals surface area (Å²) in [4.78, 5) is 37.4. The van der Waals surface area contributed by atoms with Gasteiger partial charge < -0.3 is 24.8 Å². The van der Waals surface area contributed by atoms with Gasteiger partial charge in [-0.15, -0.1) is 0 Å². The van der Waals surface area contributed by atoms with Crippen LogP contribution < -0.4 is 14.8 Å². The summed E-state index contributed by atoms with van der Waals surface area (Å²) in [6.07, 6.45) is 3.13. The molecule has 1 atom stereocenters. The largest absolute Gasteiger partial charge is 0.493 e. The third kappa shape index (κ3) is 5.60. The Morgan fingerprint density at radius 2 is 1.93 bits per heavy atom. The lowest BCUT2D eigenvalue weighted by molar-refractivity contribution is -0.139. The molecule has 0 bridgehead atoms. The van der Waals surface area contributed by atoms with Crippen molar-refractivity contribution < 1.29 is 29.0 Å². The number of benzene rings is 1. The van der Waals surface area contributed by atoms with E-state index in [0.29, 0.717) is 30.0 Å². The second-order valence-corrected chi connectivity index (χ2v) is 6.42. The fourth-order valence-corrected chi connectivity index (χ4v) is 3.26. The molecule has 1 fully saturated rings. The highest BCUT2D eigenvalue weighted by Gasteiger charge is 2.27. The molecule has 148 valence electrons. The molecule has 2 rings (SSSR count). The first-order valence-electron chi connectivity index (χ1n) is 8.97. The summed E-state index contributed by atoms with van der Waals surface area (Å²) < 4.78 is 10.3. The number of aliphatic carboxylic acids is 1. The lowest BCUT2D eigenvalue weighted by Gasteiger charge is -2.35. The fraction of sp³-hybridized carbons (Fsp3) is 0.526. The van der Waals surface area contributed by atoms with Crippen LogP contribution in [0.2, 0.25) is 0 Å². The number of ether oxygens (including phenoxy) is 2. The van der Waals surface area contributed by atoms with Gasteiger partial charge in [0.05, 0.1) is 20.8 Å². The molecule has 1 aromatic rings. The highest BCUT2D eigenvalue weighted by Crippen LogP contribution is 2.27. The maximum Gasteiger partial charge on any atom is 0.303 e. The molecule has 1 heterocycles. The van der Waals surface area contributed by atoms with Gasteiger partial charge in [-0.25, -0.2) is 0 Å². The van der Waals surface area contributed by atoms with E-state index in [1.54, 1.807) is 23.1 Å². The molecule has 0 saturated carbocycles. The SMILES string of the molecule is COc1ccc(C(=O)NCC(=O)N2CCCCC2CCC(=O)O)cc1OC. The number of nitrogens with zero attached hydrogens (tertiary/aromatic N) is 1. The minimum absolute atomic E-state index is 0.0342. The highest BCUT2D eigenvalue weighted by atomic mass is 16.5. The number of carboxylic acids is 1. The topological polar surface area (TPSA) is 105 Å². The molecule has 0 aliphatic carbocycles. The molecular weight excluding hydrogens is 352 g/mol. The third-order valence-electron chi connectivity index (χ3n) is 4.68. The first-order valence-corrected chi connectivity index (χ1v) is 8.97. The van der Waals surface area contributed by atoms with Crippen LogP contribution in [0.3, 0.4) is 0 Å². The van der Waals surface area contributed by atoms with Crippen molar-refractivity contribution in [1.29, 1.82) is 0 Å². The van der Waals surface area contributed by atoms with Gasteiger partial charge in [0, 0.05) is 24.6 Å². The Hall–Kier alpha value is -2.77. The zero-order valence-corrected chi connectivity index (χ0v) is 15.7. The van der Waals surface area contributed by atoms with Gasteiger partial charge in [-0.1, -0.05) is 0 Å². The number of hydrogen-bond donors (Lipinski definition) is 2. The lowest BCUT2D eigenvalue weighted by Crippen LogP contribution is -2.48. The van der Waals surface area contributed by atoms with Gasteiger partial charge in [-0.2, -0.15) is 0 Å². The van der Waals surface area contributed by atoms with E-state index in [1.165, 1.54) is 14.2 Å². The van der Waals surface area contributed by atoms with Gasteiger partial charge in [0.1, 0.15) is 0 Å². The van der Waals surface area contributed by atoms with Crippen LogP contribution in [-0.2, 0) is 9.59 Å². The van der Waals surface area contributed by atoms with Gasteiger partial charge in [0.15, 0.2) is 11.5 Å². The molecule has 2 amide bonds. The smallest absolute Gasteiger partial charge is 0.303 e. The zero-order chi connectivity index (χ0) is 19.8. The van der Waals surface area contributed by atoms with Crippen molar-refractivity contribution in [2.45, 2.75) is 38.1 Å². The second-order valence-electron chi connectivity index (χ2n) is 6.42. The first kappa shape index (κ1) is 20.5. The molecule has 27 heavy (non-hydrogen) atoms. The summed E-state index contributed by atoms with van der Waals surface area (Å²) in [6, 6.07) is 4.69. The minimum atomic E-state index is -0.866. The maximum atomic E-state index is 12.5. The summed E-state index contributed by atoms with van der Waals surface area (Å²) in [5, 5.41) is 11.5. The van der Waals surface area contributed by atoms with Gasteiger partial charge in [0.25, 0.3) is 5.91 Å². The molecule has 2 N–H and O–H groups in total. The van der Waals surface area contributed by atoms with Crippen LogP contribution in [0.25, 0.3) is 0 Å². The normalized spacial score (nSPS) is 16.5. The number of methoxy groups -OCH3 is 2. The molecule has 1 unspecified atom stereocenters. The molecule has 1 aromatic carbocycles. The number of hydrogen-bond acceptors (Lipinski definition) is 5. The molecule has 0 aromatic heterocycles. The molecule has 8 nitrogen and oxygen atoms in total. The monoisotopic (exact) mass is 378 g/mol. The predicted octanol–water partition coefficient (Wildman–Crippen LogP) is 1.68. The molecule has 8 heteroatoms. The van der Waals surface area contributed by atoms with E-state index in [9.17, 15) is 14.4 Å². The Morgan fingerprint density at radius 3 is 2.59 bits per heavy atom. The van der Waals surface area contributed by atoms with E-state index in [-0.39, 0.29) is 30.8 Å². The lowest BCUT2D eigenvalue weighted by atomic mass is 9.98. The zero-order valence-electron chi connectivity index (χ0n) is 15.7. The summed E-state index contributed by atoms with van der Waals surface area (Å²) in [6.45, 7) is 0.464. The Balaban J connectivity index is 1.95. The molecule has 1 aliphatic heterocycles. The third-order valence-corrected chi connectivity index (χ3v) is 4.68. The number of carbonyl (C=O) groups excluding carboxylic acids is 2. The summed E-state index contributed by atoms with van der Waals surface area (Å²) >= 11 is 0. The summed E-state index contributed by atoms with van der Waals surface area (Å²) in [7, 11) is 2.99. The standard InChI is InChI=1S/C19H26N2O6/c1-26-15-8-6-13(11-16(15)27-2)19(25)20-12-17(22)21-10-4-3-5-14(21)7-9-18(23)24/h6,8,11,14H,3-5,7,9-10,12H2,1-2H3,(H,20,25)(H,23,24). The van der Waals surface area contributed by atoms with Gasteiger partial charge >= 0.3 is 5.97 Å². The van der Waals surface area contributed by atoms with Crippen molar-refractivity contribution in [2.24, 2.45) is 0 Å². The van der Waals surface area contributed by atoms with E-state index >= 15 is 0 Å². The van der Waals surface area contributed by atoms with Crippen LogP contribution >= 0.6 is 0 Å². The molecule has 0 radical (unpaired) electrons. The highest BCUT2D eigenvalue weighted by molar-refractivity contribution is 5.97. The molecule has 0 spiro atoms. The number of rotatable bonds is 8. The summed E-state index contributed by atoms with van der Waals surface area (Å²) in [5.74, 6) is -0.502. The fourth-order valence-electron chi connectivity index (χ4n) is 3.26. The van der Waals surface area contributed by atoms with Crippen LogP contribution in [-0.4, -0.2) is 61.1 Å². The van der Waals surface area contributed by atoms with Crippen LogP contribution in [0.1, 0.15) is 42.5 Å². The first-order chi connectivity index (χ1) is 13.0. The Labute approximate surface area is 158 Å². The van der Waals surface area contributed by atoms with Crippen molar-refractivity contribution in [2.75, 3.05) is 27.3 Å². The van der Waals surface area contributed by atoms with Crippen molar-refractivity contribution >= 4 is 17.8 Å². The average molecular weight is 378 g/mol. The maximum absolute atomic E-state index is 12.5. The van der Waals surface area contributed by atoms with Gasteiger partial charge in [0.2, 0.25) is 5.91 Å². The van der Waals surface area contributed by atoms with Crippen molar-refractivity contribution in [1.82, 2.24) is 10.2 Å². The number of carboxylic acid groups (broad SMARTS) is 1. The van der Waals surface area contributed by atoms with Crippen LogP contribution in [0.5, 0.6) is 11.5 Å². The number of carbonyl (C=O) groups is 3. The van der Waals surface area contributed by atoms with E-state index < -0.39 is 5.97 Å². The number of amides is 2. The van der Waals surface area contributed by atoms with E-state index in [4.69, 9.17) is 14.6 Å². The minimum Gasteiger partial charge on any atom is -0.493 e. The number of likely N-dealkylation sites (tertiary alicyclic amines) is 1. The van der Waals surface area contributed by atoms with E-state index in [0.717, 1.165) is 19.3 Å². The molecule has 1 saturated heterocycles. The molecular formula is C19H26N2O6. The van der Waals surface area contributed by atoms with E-state index in [2.05, 4.69) is 5.32 Å². The Kier molecular flexibility index (Phi) is 7.45. The van der Waals surface area contributed by atoms with Crippen LogP contribution in [0.4, 0.5) is 0 Å².